The van der Waals surface area contributed by atoms with Gasteiger partial charge in [-0.2, -0.15) is 10.2 Å². The second-order valence-electron chi connectivity index (χ2n) is 3.63. The predicted octanol–water partition coefficient (Wildman–Crippen LogP) is 3.14. The summed E-state index contributed by atoms with van der Waals surface area (Å²) >= 11 is 0. The Morgan fingerprint density at radius 1 is 1.29 bits per heavy atom. The van der Waals surface area contributed by atoms with E-state index in [0.29, 0.717) is 5.92 Å². The van der Waals surface area contributed by atoms with Gasteiger partial charge in [0, 0.05) is 5.39 Å². The average molecular weight is 186 g/mol. The fourth-order valence-electron chi connectivity index (χ4n) is 1.64. The maximum atomic E-state index is 4.11. The standard InChI is InChI=1S/C12H14N2/c1-3-9(2)11-8-13-14-12-7-5-4-6-10(11)12/h4-9H,3H2,1-2H3. The molecule has 0 aliphatic heterocycles. The van der Waals surface area contributed by atoms with Crippen molar-refractivity contribution in [3.63, 3.8) is 0 Å². The molecule has 0 radical (unpaired) electrons. The molecule has 72 valence electrons. The first-order valence-corrected chi connectivity index (χ1v) is 5.03. The molecular formula is C12H14N2. The quantitative estimate of drug-likeness (QED) is 0.720. The maximum absolute atomic E-state index is 4.11. The molecule has 0 saturated carbocycles. The minimum atomic E-state index is 0.551. The third-order valence-corrected chi connectivity index (χ3v) is 2.72. The lowest BCUT2D eigenvalue weighted by Crippen LogP contribution is -1.96. The van der Waals surface area contributed by atoms with Crippen LogP contribution in [-0.4, -0.2) is 10.2 Å². The molecule has 0 bridgehead atoms. The van der Waals surface area contributed by atoms with Crippen LogP contribution in [0.15, 0.2) is 30.5 Å². The van der Waals surface area contributed by atoms with Crippen molar-refractivity contribution in [1.29, 1.82) is 0 Å². The maximum Gasteiger partial charge on any atom is 0.0932 e. The minimum Gasteiger partial charge on any atom is -0.158 e. The Morgan fingerprint density at radius 2 is 2.07 bits per heavy atom. The van der Waals surface area contributed by atoms with Gasteiger partial charge in [0.15, 0.2) is 0 Å². The van der Waals surface area contributed by atoms with Gasteiger partial charge in [0.1, 0.15) is 0 Å². The molecule has 2 rings (SSSR count). The number of fused-ring (bicyclic) bond motifs is 1. The number of hydrogen-bond acceptors (Lipinski definition) is 2. The van der Waals surface area contributed by atoms with E-state index in [4.69, 9.17) is 0 Å². The molecule has 1 atom stereocenters. The molecule has 2 nitrogen and oxygen atoms in total. The van der Waals surface area contributed by atoms with E-state index in [9.17, 15) is 0 Å². The lowest BCUT2D eigenvalue weighted by molar-refractivity contribution is 0.732. The molecule has 0 aliphatic carbocycles. The Morgan fingerprint density at radius 3 is 2.86 bits per heavy atom. The largest absolute Gasteiger partial charge is 0.158 e. The number of rotatable bonds is 2. The number of aromatic nitrogens is 2. The van der Waals surface area contributed by atoms with Crippen LogP contribution in [0.4, 0.5) is 0 Å². The van der Waals surface area contributed by atoms with Crippen molar-refractivity contribution in [2.75, 3.05) is 0 Å². The summed E-state index contributed by atoms with van der Waals surface area (Å²) in [5.74, 6) is 0.551. The third-order valence-electron chi connectivity index (χ3n) is 2.72. The number of nitrogens with zero attached hydrogens (tertiary/aromatic N) is 2. The smallest absolute Gasteiger partial charge is 0.0932 e. The summed E-state index contributed by atoms with van der Waals surface area (Å²) in [6, 6.07) is 8.17. The normalized spacial score (nSPS) is 13.0. The van der Waals surface area contributed by atoms with Crippen molar-refractivity contribution in [2.24, 2.45) is 0 Å². The topological polar surface area (TPSA) is 25.8 Å². The molecule has 0 fully saturated rings. The SMILES string of the molecule is CCC(C)c1cnnc2ccccc12. The van der Waals surface area contributed by atoms with E-state index in [1.165, 1.54) is 10.9 Å². The van der Waals surface area contributed by atoms with Gasteiger partial charge in [-0.3, -0.25) is 0 Å². The van der Waals surface area contributed by atoms with Crippen LogP contribution in [0, 0.1) is 0 Å². The summed E-state index contributed by atoms with van der Waals surface area (Å²) in [4.78, 5) is 0. The van der Waals surface area contributed by atoms with Gasteiger partial charge in [-0.05, 0) is 24.0 Å². The second kappa shape index (κ2) is 3.74. The van der Waals surface area contributed by atoms with Gasteiger partial charge in [-0.1, -0.05) is 32.0 Å². The zero-order chi connectivity index (χ0) is 9.97. The van der Waals surface area contributed by atoms with Crippen LogP contribution < -0.4 is 0 Å². The van der Waals surface area contributed by atoms with Crippen molar-refractivity contribution in [3.8, 4) is 0 Å². The van der Waals surface area contributed by atoms with Gasteiger partial charge in [0.25, 0.3) is 0 Å². The van der Waals surface area contributed by atoms with Crippen LogP contribution in [0.2, 0.25) is 0 Å². The van der Waals surface area contributed by atoms with Crippen molar-refractivity contribution >= 4 is 10.9 Å². The van der Waals surface area contributed by atoms with Gasteiger partial charge in [0.05, 0.1) is 11.7 Å². The molecule has 2 heteroatoms. The van der Waals surface area contributed by atoms with E-state index in [-0.39, 0.29) is 0 Å². The fraction of sp³-hybridized carbons (Fsp3) is 0.333. The fourth-order valence-corrected chi connectivity index (χ4v) is 1.64. The number of hydrogen-bond donors (Lipinski definition) is 0. The van der Waals surface area contributed by atoms with E-state index in [2.05, 4.69) is 36.2 Å². The second-order valence-corrected chi connectivity index (χ2v) is 3.63. The monoisotopic (exact) mass is 186 g/mol. The molecule has 1 heterocycles. The average Bonchev–Trinajstić information content (AvgIpc) is 2.27. The lowest BCUT2D eigenvalue weighted by Gasteiger charge is -2.10. The van der Waals surface area contributed by atoms with Gasteiger partial charge < -0.3 is 0 Å². The Hall–Kier alpha value is -1.44. The molecule has 0 amide bonds. The van der Waals surface area contributed by atoms with Crippen molar-refractivity contribution in [1.82, 2.24) is 10.2 Å². The first-order valence-electron chi connectivity index (χ1n) is 5.03. The highest BCUT2D eigenvalue weighted by Crippen LogP contribution is 2.24. The van der Waals surface area contributed by atoms with Crippen LogP contribution in [-0.2, 0) is 0 Å². The highest BCUT2D eigenvalue weighted by molar-refractivity contribution is 5.81. The van der Waals surface area contributed by atoms with Gasteiger partial charge >= 0.3 is 0 Å². The molecule has 0 N–H and O–H groups in total. The summed E-state index contributed by atoms with van der Waals surface area (Å²) in [5.41, 5.74) is 2.29. The number of benzene rings is 1. The van der Waals surface area contributed by atoms with Crippen LogP contribution in [0.1, 0.15) is 31.7 Å². The zero-order valence-electron chi connectivity index (χ0n) is 8.57. The van der Waals surface area contributed by atoms with Crippen LogP contribution >= 0.6 is 0 Å². The van der Waals surface area contributed by atoms with E-state index in [1.54, 1.807) is 0 Å². The first-order chi connectivity index (χ1) is 6.83. The summed E-state index contributed by atoms with van der Waals surface area (Å²) in [5, 5.41) is 9.37. The van der Waals surface area contributed by atoms with Crippen molar-refractivity contribution < 1.29 is 0 Å². The Kier molecular flexibility index (Phi) is 2.44. The molecule has 0 aliphatic rings. The molecule has 1 unspecified atom stereocenters. The van der Waals surface area contributed by atoms with E-state index in [1.807, 2.05) is 18.3 Å². The van der Waals surface area contributed by atoms with Gasteiger partial charge in [0.2, 0.25) is 0 Å². The molecule has 0 spiro atoms. The molecule has 0 saturated heterocycles. The minimum absolute atomic E-state index is 0.551. The molecule has 1 aromatic heterocycles. The summed E-state index contributed by atoms with van der Waals surface area (Å²) in [6.45, 7) is 4.42. The Bertz CT molecular complexity index is 432. The molecule has 2 aromatic rings. The first kappa shape index (κ1) is 9.13. The van der Waals surface area contributed by atoms with E-state index >= 15 is 0 Å². The van der Waals surface area contributed by atoms with Gasteiger partial charge in [-0.25, -0.2) is 0 Å². The molecule has 1 aromatic carbocycles. The Labute approximate surface area is 84.0 Å². The predicted molar refractivity (Wildman–Crippen MR) is 58.2 cm³/mol. The highest BCUT2D eigenvalue weighted by atomic mass is 15.1. The van der Waals surface area contributed by atoms with E-state index < -0.39 is 0 Å². The van der Waals surface area contributed by atoms with Crippen LogP contribution in [0.25, 0.3) is 10.9 Å². The van der Waals surface area contributed by atoms with Crippen molar-refractivity contribution in [3.05, 3.63) is 36.0 Å². The van der Waals surface area contributed by atoms with Crippen LogP contribution in [0.5, 0.6) is 0 Å². The molecular weight excluding hydrogens is 172 g/mol. The summed E-state index contributed by atoms with van der Waals surface area (Å²) < 4.78 is 0. The van der Waals surface area contributed by atoms with Gasteiger partial charge in [-0.15, -0.1) is 0 Å². The summed E-state index contributed by atoms with van der Waals surface area (Å²) in [7, 11) is 0. The third kappa shape index (κ3) is 1.48. The van der Waals surface area contributed by atoms with Crippen LogP contribution in [0.3, 0.4) is 0 Å². The summed E-state index contributed by atoms with van der Waals surface area (Å²) in [6.07, 6.45) is 3.02. The lowest BCUT2D eigenvalue weighted by atomic mass is 9.97. The zero-order valence-corrected chi connectivity index (χ0v) is 8.57. The van der Waals surface area contributed by atoms with E-state index in [0.717, 1.165) is 11.9 Å². The molecule has 14 heavy (non-hydrogen) atoms. The highest BCUT2D eigenvalue weighted by Gasteiger charge is 2.07. The Balaban J connectivity index is 2.65. The van der Waals surface area contributed by atoms with Crippen molar-refractivity contribution in [2.45, 2.75) is 26.2 Å².